The molecule has 4 rings (SSSR count). The third-order valence-electron chi connectivity index (χ3n) is 5.04. The number of ether oxygens (including phenoxy) is 2. The summed E-state index contributed by atoms with van der Waals surface area (Å²) in [5.41, 5.74) is 1.83. The molecule has 0 radical (unpaired) electrons. The van der Waals surface area contributed by atoms with E-state index in [0.29, 0.717) is 11.7 Å². The van der Waals surface area contributed by atoms with E-state index in [2.05, 4.69) is 4.90 Å². The highest BCUT2D eigenvalue weighted by atomic mass is 32.1. The minimum absolute atomic E-state index is 0.0712. The Bertz CT molecular complexity index is 1010. The van der Waals surface area contributed by atoms with Crippen molar-refractivity contribution in [2.45, 2.75) is 0 Å². The molecule has 156 valence electrons. The number of carbonyl (C=O) groups is 1. The first-order valence-electron chi connectivity index (χ1n) is 10.0. The molecule has 7 heteroatoms. The number of hydrogen-bond acceptors (Lipinski definition) is 6. The molecular formula is C23H25N3O3S. The van der Waals surface area contributed by atoms with Gasteiger partial charge in [-0.25, -0.2) is 4.98 Å². The van der Waals surface area contributed by atoms with E-state index in [0.717, 1.165) is 54.4 Å². The van der Waals surface area contributed by atoms with E-state index in [1.807, 2.05) is 54.6 Å². The van der Waals surface area contributed by atoms with Crippen LogP contribution in [0.5, 0.6) is 5.75 Å². The molecule has 1 aromatic heterocycles. The van der Waals surface area contributed by atoms with Gasteiger partial charge in [0.1, 0.15) is 5.75 Å². The van der Waals surface area contributed by atoms with Crippen molar-refractivity contribution in [3.8, 4) is 5.75 Å². The second kappa shape index (κ2) is 9.84. The van der Waals surface area contributed by atoms with Crippen LogP contribution >= 0.6 is 11.3 Å². The normalized spacial score (nSPS) is 15.0. The maximum absolute atomic E-state index is 13.1. The second-order valence-corrected chi connectivity index (χ2v) is 8.03. The first-order chi connectivity index (χ1) is 14.7. The lowest BCUT2D eigenvalue weighted by molar-refractivity contribution is -0.114. The molecule has 2 aromatic carbocycles. The minimum atomic E-state index is -0.0712. The number of fused-ring (bicyclic) bond motifs is 1. The van der Waals surface area contributed by atoms with Gasteiger partial charge in [-0.2, -0.15) is 0 Å². The summed E-state index contributed by atoms with van der Waals surface area (Å²) in [5, 5.41) is 0.703. The van der Waals surface area contributed by atoms with Crippen LogP contribution in [0.25, 0.3) is 16.3 Å². The quantitative estimate of drug-likeness (QED) is 0.543. The SMILES string of the molecule is COc1ccc2sc(N(CCN3CCOCC3)C(=O)C=Cc3ccccc3)nc2c1. The molecule has 1 amide bonds. The summed E-state index contributed by atoms with van der Waals surface area (Å²) in [7, 11) is 1.64. The molecule has 2 heterocycles. The zero-order chi connectivity index (χ0) is 20.8. The van der Waals surface area contributed by atoms with Crippen molar-refractivity contribution >= 4 is 38.7 Å². The van der Waals surface area contributed by atoms with E-state index in [1.165, 1.54) is 11.3 Å². The molecule has 0 saturated carbocycles. The zero-order valence-electron chi connectivity index (χ0n) is 17.0. The number of methoxy groups -OCH3 is 1. The number of rotatable bonds is 7. The number of aromatic nitrogens is 1. The van der Waals surface area contributed by atoms with Crippen molar-refractivity contribution < 1.29 is 14.3 Å². The molecule has 0 unspecified atom stereocenters. The molecule has 1 aliphatic rings. The fourth-order valence-electron chi connectivity index (χ4n) is 3.33. The van der Waals surface area contributed by atoms with Gasteiger partial charge in [0.25, 0.3) is 5.91 Å². The fourth-order valence-corrected chi connectivity index (χ4v) is 4.30. The Labute approximate surface area is 180 Å². The topological polar surface area (TPSA) is 54.9 Å². The van der Waals surface area contributed by atoms with Crippen LogP contribution in [0.4, 0.5) is 5.13 Å². The third kappa shape index (κ3) is 5.05. The molecule has 6 nitrogen and oxygen atoms in total. The van der Waals surface area contributed by atoms with E-state index in [4.69, 9.17) is 14.5 Å². The average molecular weight is 424 g/mol. The van der Waals surface area contributed by atoms with E-state index in [-0.39, 0.29) is 5.91 Å². The summed E-state index contributed by atoms with van der Waals surface area (Å²) in [6.45, 7) is 4.62. The highest BCUT2D eigenvalue weighted by Crippen LogP contribution is 2.31. The molecule has 3 aromatic rings. The molecule has 0 atom stereocenters. The molecule has 0 spiro atoms. The van der Waals surface area contributed by atoms with Crippen molar-refractivity contribution in [2.24, 2.45) is 0 Å². The summed E-state index contributed by atoms with van der Waals surface area (Å²) in [4.78, 5) is 21.9. The van der Waals surface area contributed by atoms with E-state index >= 15 is 0 Å². The summed E-state index contributed by atoms with van der Waals surface area (Å²) in [6, 6.07) is 15.6. The number of hydrogen-bond donors (Lipinski definition) is 0. The van der Waals surface area contributed by atoms with Gasteiger partial charge in [-0.3, -0.25) is 14.6 Å². The number of nitrogens with zero attached hydrogens (tertiary/aromatic N) is 3. The van der Waals surface area contributed by atoms with Gasteiger partial charge in [-0.15, -0.1) is 0 Å². The highest BCUT2D eigenvalue weighted by molar-refractivity contribution is 7.22. The molecule has 1 saturated heterocycles. The third-order valence-corrected chi connectivity index (χ3v) is 6.10. The lowest BCUT2D eigenvalue weighted by Gasteiger charge is -2.28. The fraction of sp³-hybridized carbons (Fsp3) is 0.304. The Morgan fingerprint density at radius 2 is 2.03 bits per heavy atom. The number of benzene rings is 2. The minimum Gasteiger partial charge on any atom is -0.497 e. The lowest BCUT2D eigenvalue weighted by Crippen LogP contribution is -2.42. The van der Waals surface area contributed by atoms with Crippen LogP contribution in [0.2, 0.25) is 0 Å². The summed E-state index contributed by atoms with van der Waals surface area (Å²) < 4.78 is 11.8. The van der Waals surface area contributed by atoms with Gasteiger partial charge in [-0.1, -0.05) is 41.7 Å². The predicted octanol–water partition coefficient (Wildman–Crippen LogP) is 3.68. The maximum Gasteiger partial charge on any atom is 0.252 e. The lowest BCUT2D eigenvalue weighted by atomic mass is 10.2. The van der Waals surface area contributed by atoms with Crippen LogP contribution in [0.1, 0.15) is 5.56 Å². The largest absolute Gasteiger partial charge is 0.497 e. The molecule has 0 N–H and O–H groups in total. The maximum atomic E-state index is 13.1. The second-order valence-electron chi connectivity index (χ2n) is 7.02. The Morgan fingerprint density at radius 3 is 2.80 bits per heavy atom. The van der Waals surface area contributed by atoms with Gasteiger partial charge < -0.3 is 9.47 Å². The number of anilines is 1. The van der Waals surface area contributed by atoms with Crippen molar-refractivity contribution in [1.29, 1.82) is 0 Å². The monoisotopic (exact) mass is 423 g/mol. The van der Waals surface area contributed by atoms with Crippen LogP contribution in [0.15, 0.2) is 54.6 Å². The van der Waals surface area contributed by atoms with Gasteiger partial charge in [0, 0.05) is 38.3 Å². The predicted molar refractivity (Wildman–Crippen MR) is 121 cm³/mol. The smallest absolute Gasteiger partial charge is 0.252 e. The van der Waals surface area contributed by atoms with Crippen LogP contribution in [0, 0.1) is 0 Å². The summed E-state index contributed by atoms with van der Waals surface area (Å²) >= 11 is 1.52. The van der Waals surface area contributed by atoms with Crippen molar-refractivity contribution in [1.82, 2.24) is 9.88 Å². The Balaban J connectivity index is 1.57. The van der Waals surface area contributed by atoms with Crippen LogP contribution < -0.4 is 9.64 Å². The van der Waals surface area contributed by atoms with Crippen molar-refractivity contribution in [3.05, 3.63) is 60.2 Å². The van der Waals surface area contributed by atoms with E-state index in [1.54, 1.807) is 18.1 Å². The molecule has 0 aliphatic carbocycles. The summed E-state index contributed by atoms with van der Waals surface area (Å²) in [6.07, 6.45) is 3.47. The highest BCUT2D eigenvalue weighted by Gasteiger charge is 2.20. The Kier molecular flexibility index (Phi) is 6.74. The van der Waals surface area contributed by atoms with Crippen molar-refractivity contribution in [2.75, 3.05) is 51.4 Å². The molecule has 0 bridgehead atoms. The summed E-state index contributed by atoms with van der Waals surface area (Å²) in [5.74, 6) is 0.688. The van der Waals surface area contributed by atoms with Crippen molar-refractivity contribution in [3.63, 3.8) is 0 Å². The number of morpholine rings is 1. The molecule has 1 aliphatic heterocycles. The van der Waals surface area contributed by atoms with Gasteiger partial charge >= 0.3 is 0 Å². The molecule has 30 heavy (non-hydrogen) atoms. The van der Waals surface area contributed by atoms with Gasteiger partial charge in [0.15, 0.2) is 5.13 Å². The van der Waals surface area contributed by atoms with Gasteiger partial charge in [0.05, 0.1) is 30.5 Å². The molecule has 1 fully saturated rings. The van der Waals surface area contributed by atoms with E-state index < -0.39 is 0 Å². The number of thiazole rings is 1. The van der Waals surface area contributed by atoms with E-state index in [9.17, 15) is 4.79 Å². The van der Waals surface area contributed by atoms with Crippen LogP contribution in [-0.2, 0) is 9.53 Å². The zero-order valence-corrected chi connectivity index (χ0v) is 17.8. The first kappa shape index (κ1) is 20.5. The van der Waals surface area contributed by atoms with Crippen LogP contribution in [-0.4, -0.2) is 62.3 Å². The van der Waals surface area contributed by atoms with Crippen LogP contribution in [0.3, 0.4) is 0 Å². The number of carbonyl (C=O) groups excluding carboxylic acids is 1. The van der Waals surface area contributed by atoms with Gasteiger partial charge in [-0.05, 0) is 23.8 Å². The standard InChI is InChI=1S/C23H25N3O3S/c1-28-19-8-9-21-20(17-19)24-23(30-21)26(12-11-25-13-15-29-16-14-25)22(27)10-7-18-5-3-2-4-6-18/h2-10,17H,11-16H2,1H3. The average Bonchev–Trinajstić information content (AvgIpc) is 3.22. The molecular weight excluding hydrogens is 398 g/mol. The number of amides is 1. The first-order valence-corrected chi connectivity index (χ1v) is 10.8. The van der Waals surface area contributed by atoms with Gasteiger partial charge in [0.2, 0.25) is 0 Å². The Morgan fingerprint density at radius 1 is 1.23 bits per heavy atom. The Hall–Kier alpha value is -2.74.